The van der Waals surface area contributed by atoms with Crippen molar-refractivity contribution in [3.8, 4) is 0 Å². The van der Waals surface area contributed by atoms with Crippen LogP contribution < -0.4 is 0 Å². The first-order valence-corrected chi connectivity index (χ1v) is 7.65. The van der Waals surface area contributed by atoms with Crippen LogP contribution in [0.1, 0.15) is 79.6 Å². The molecule has 0 rings (SSSR count). The van der Waals surface area contributed by atoms with Crippen molar-refractivity contribution < 1.29 is 5.11 Å². The number of aliphatic hydroxyl groups is 1. The molecule has 0 aliphatic rings. The van der Waals surface area contributed by atoms with Crippen molar-refractivity contribution in [2.45, 2.75) is 85.7 Å². The number of hydrogen-bond donors (Lipinski definition) is 1. The van der Waals surface area contributed by atoms with Crippen LogP contribution in [0.4, 0.5) is 0 Å². The zero-order chi connectivity index (χ0) is 13.3. The van der Waals surface area contributed by atoms with Crippen molar-refractivity contribution in [1.29, 1.82) is 0 Å². The Morgan fingerprint density at radius 2 is 1.24 bits per heavy atom. The van der Waals surface area contributed by atoms with Crippen molar-refractivity contribution in [2.24, 2.45) is 17.8 Å². The molecule has 17 heavy (non-hydrogen) atoms. The number of hydrogen-bond acceptors (Lipinski definition) is 1. The SMILES string of the molecule is CC[C@@H](C)CCC[C@@H](C)CCC[C@@H](C)[C@@H](C)O. The molecule has 104 valence electrons. The Balaban J connectivity index is 3.43. The Morgan fingerprint density at radius 1 is 0.765 bits per heavy atom. The molecular formula is C16H34O. The van der Waals surface area contributed by atoms with Crippen LogP contribution in [0.25, 0.3) is 0 Å². The van der Waals surface area contributed by atoms with E-state index in [0.717, 1.165) is 11.8 Å². The Hall–Kier alpha value is -0.0400. The van der Waals surface area contributed by atoms with Gasteiger partial charge in [0.15, 0.2) is 0 Å². The fraction of sp³-hybridized carbons (Fsp3) is 1.00. The zero-order valence-corrected chi connectivity index (χ0v) is 12.7. The lowest BCUT2D eigenvalue weighted by Crippen LogP contribution is -2.13. The van der Waals surface area contributed by atoms with Crippen LogP contribution in [0.15, 0.2) is 0 Å². The maximum atomic E-state index is 9.42. The topological polar surface area (TPSA) is 20.2 Å². The van der Waals surface area contributed by atoms with E-state index in [9.17, 15) is 5.11 Å². The smallest absolute Gasteiger partial charge is 0.0537 e. The monoisotopic (exact) mass is 242 g/mol. The van der Waals surface area contributed by atoms with Gasteiger partial charge in [0.25, 0.3) is 0 Å². The minimum absolute atomic E-state index is 0.143. The summed E-state index contributed by atoms with van der Waals surface area (Å²) in [7, 11) is 0. The second-order valence-electron chi connectivity index (χ2n) is 6.20. The van der Waals surface area contributed by atoms with Gasteiger partial charge in [-0.1, -0.05) is 66.2 Å². The highest BCUT2D eigenvalue weighted by Crippen LogP contribution is 2.20. The van der Waals surface area contributed by atoms with Gasteiger partial charge >= 0.3 is 0 Å². The molecule has 1 N–H and O–H groups in total. The molecule has 0 aliphatic carbocycles. The Bertz CT molecular complexity index is 165. The maximum absolute atomic E-state index is 9.42. The first-order chi connectivity index (χ1) is 7.97. The summed E-state index contributed by atoms with van der Waals surface area (Å²) < 4.78 is 0. The summed E-state index contributed by atoms with van der Waals surface area (Å²) in [6.07, 6.45) is 9.12. The molecule has 1 nitrogen and oxygen atoms in total. The van der Waals surface area contributed by atoms with E-state index in [4.69, 9.17) is 0 Å². The largest absolute Gasteiger partial charge is 0.393 e. The minimum Gasteiger partial charge on any atom is -0.393 e. The van der Waals surface area contributed by atoms with Gasteiger partial charge in [-0.25, -0.2) is 0 Å². The van der Waals surface area contributed by atoms with Gasteiger partial charge in [0, 0.05) is 0 Å². The summed E-state index contributed by atoms with van der Waals surface area (Å²) in [5.74, 6) is 2.22. The third-order valence-electron chi connectivity index (χ3n) is 4.27. The summed E-state index contributed by atoms with van der Waals surface area (Å²) in [6, 6.07) is 0. The lowest BCUT2D eigenvalue weighted by Gasteiger charge is -2.16. The van der Waals surface area contributed by atoms with Crippen molar-refractivity contribution in [2.75, 3.05) is 0 Å². The minimum atomic E-state index is -0.143. The molecule has 0 amide bonds. The van der Waals surface area contributed by atoms with Crippen LogP contribution in [-0.2, 0) is 0 Å². The van der Waals surface area contributed by atoms with Crippen LogP contribution in [0.2, 0.25) is 0 Å². The molecule has 0 bridgehead atoms. The van der Waals surface area contributed by atoms with Crippen molar-refractivity contribution in [1.82, 2.24) is 0 Å². The third-order valence-corrected chi connectivity index (χ3v) is 4.27. The summed E-state index contributed by atoms with van der Waals surface area (Å²) in [5, 5.41) is 9.42. The van der Waals surface area contributed by atoms with Gasteiger partial charge in [0.2, 0.25) is 0 Å². The molecule has 0 saturated heterocycles. The van der Waals surface area contributed by atoms with Gasteiger partial charge in [-0.2, -0.15) is 0 Å². The molecule has 0 aromatic heterocycles. The molecule has 0 heterocycles. The van der Waals surface area contributed by atoms with Gasteiger partial charge in [-0.05, 0) is 31.1 Å². The molecule has 0 fully saturated rings. The first-order valence-electron chi connectivity index (χ1n) is 7.65. The van der Waals surface area contributed by atoms with Crippen LogP contribution in [0.3, 0.4) is 0 Å². The lowest BCUT2D eigenvalue weighted by molar-refractivity contribution is 0.127. The average Bonchev–Trinajstić information content (AvgIpc) is 2.28. The summed E-state index contributed by atoms with van der Waals surface area (Å²) in [4.78, 5) is 0. The Labute approximate surface area is 109 Å². The van der Waals surface area contributed by atoms with E-state index in [-0.39, 0.29) is 6.10 Å². The average molecular weight is 242 g/mol. The van der Waals surface area contributed by atoms with Crippen molar-refractivity contribution >= 4 is 0 Å². The van der Waals surface area contributed by atoms with Gasteiger partial charge in [0.1, 0.15) is 0 Å². The molecule has 1 heteroatoms. The van der Waals surface area contributed by atoms with Crippen LogP contribution in [0, 0.1) is 17.8 Å². The van der Waals surface area contributed by atoms with Crippen LogP contribution in [-0.4, -0.2) is 11.2 Å². The normalized spacial score (nSPS) is 18.7. The van der Waals surface area contributed by atoms with Gasteiger partial charge < -0.3 is 5.11 Å². The predicted octanol–water partition coefficient (Wildman–Crippen LogP) is 5.03. The zero-order valence-electron chi connectivity index (χ0n) is 12.7. The van der Waals surface area contributed by atoms with Crippen molar-refractivity contribution in [3.05, 3.63) is 0 Å². The van der Waals surface area contributed by atoms with E-state index < -0.39 is 0 Å². The molecule has 0 aromatic carbocycles. The van der Waals surface area contributed by atoms with Gasteiger partial charge in [0.05, 0.1) is 6.10 Å². The van der Waals surface area contributed by atoms with Crippen molar-refractivity contribution in [3.63, 3.8) is 0 Å². The highest BCUT2D eigenvalue weighted by atomic mass is 16.3. The predicted molar refractivity (Wildman–Crippen MR) is 77.2 cm³/mol. The first kappa shape index (κ1) is 17.0. The Morgan fingerprint density at radius 3 is 1.71 bits per heavy atom. The maximum Gasteiger partial charge on any atom is 0.0537 e. The molecule has 0 saturated carbocycles. The van der Waals surface area contributed by atoms with E-state index in [2.05, 4.69) is 27.7 Å². The van der Waals surface area contributed by atoms with Gasteiger partial charge in [-0.3, -0.25) is 0 Å². The molecule has 0 radical (unpaired) electrons. The summed E-state index contributed by atoms with van der Waals surface area (Å²) >= 11 is 0. The fourth-order valence-electron chi connectivity index (χ4n) is 2.19. The molecule has 0 spiro atoms. The van der Waals surface area contributed by atoms with E-state index in [1.54, 1.807) is 0 Å². The molecular weight excluding hydrogens is 208 g/mol. The highest BCUT2D eigenvalue weighted by Gasteiger charge is 2.09. The van der Waals surface area contributed by atoms with Gasteiger partial charge in [-0.15, -0.1) is 0 Å². The summed E-state index contributed by atoms with van der Waals surface area (Å²) in [5.41, 5.74) is 0. The molecule has 4 atom stereocenters. The number of aliphatic hydroxyl groups excluding tert-OH is 1. The second kappa shape index (κ2) is 9.94. The van der Waals surface area contributed by atoms with E-state index in [1.165, 1.54) is 44.9 Å². The van der Waals surface area contributed by atoms with Crippen LogP contribution >= 0.6 is 0 Å². The van der Waals surface area contributed by atoms with E-state index >= 15 is 0 Å². The molecule has 0 aromatic rings. The standard InChI is InChI=1S/C16H34O/c1-6-13(2)9-7-10-14(3)11-8-12-15(4)16(5)17/h13-17H,6-12H2,1-5H3/t13-,14-,15-,16-/m1/s1. The molecule has 0 aliphatic heterocycles. The fourth-order valence-corrected chi connectivity index (χ4v) is 2.19. The quantitative estimate of drug-likeness (QED) is 0.570. The van der Waals surface area contributed by atoms with E-state index in [0.29, 0.717) is 5.92 Å². The highest BCUT2D eigenvalue weighted by molar-refractivity contribution is 4.62. The van der Waals surface area contributed by atoms with Crippen LogP contribution in [0.5, 0.6) is 0 Å². The Kier molecular flexibility index (Phi) is 9.91. The lowest BCUT2D eigenvalue weighted by atomic mass is 9.91. The number of rotatable bonds is 10. The third kappa shape index (κ3) is 9.64. The molecule has 0 unspecified atom stereocenters. The summed E-state index contributed by atoms with van der Waals surface area (Å²) in [6.45, 7) is 11.1. The van der Waals surface area contributed by atoms with E-state index in [1.807, 2.05) is 6.92 Å². The second-order valence-corrected chi connectivity index (χ2v) is 6.20.